The Balaban J connectivity index is 1.76. The number of likely N-dealkylation sites (N-methyl/N-ethyl adjacent to an activating group) is 2. The van der Waals surface area contributed by atoms with Crippen molar-refractivity contribution in [3.8, 4) is 0 Å². The molecule has 4 heteroatoms. The van der Waals surface area contributed by atoms with Gasteiger partial charge in [-0.15, -0.1) is 0 Å². The van der Waals surface area contributed by atoms with E-state index in [0.29, 0.717) is 0 Å². The summed E-state index contributed by atoms with van der Waals surface area (Å²) in [6.07, 6.45) is 1.22. The van der Waals surface area contributed by atoms with Crippen LogP contribution in [0.2, 0.25) is 0 Å². The topological polar surface area (TPSA) is 19.0 Å². The molecule has 0 amide bonds. The van der Waals surface area contributed by atoms with Crippen LogP contribution in [-0.4, -0.2) is 86.8 Å². The molecule has 0 aromatic carbocycles. The van der Waals surface area contributed by atoms with Crippen LogP contribution in [0.5, 0.6) is 0 Å². The molecule has 2 fully saturated rings. The maximum atomic E-state index is 5.64. The third kappa shape index (κ3) is 3.41. The summed E-state index contributed by atoms with van der Waals surface area (Å²) in [4.78, 5) is 7.47. The molecule has 4 nitrogen and oxygen atoms in total. The van der Waals surface area contributed by atoms with Crippen LogP contribution >= 0.6 is 0 Å². The number of hydrogen-bond acceptors (Lipinski definition) is 4. The summed E-state index contributed by atoms with van der Waals surface area (Å²) in [5, 5.41) is 0. The summed E-state index contributed by atoms with van der Waals surface area (Å²) in [6.45, 7) is 11.2. The van der Waals surface area contributed by atoms with Gasteiger partial charge in [-0.3, -0.25) is 4.90 Å². The van der Waals surface area contributed by atoms with Gasteiger partial charge in [-0.25, -0.2) is 0 Å². The second kappa shape index (κ2) is 5.65. The summed E-state index contributed by atoms with van der Waals surface area (Å²) in [7, 11) is 4.44. The zero-order valence-electron chi connectivity index (χ0n) is 11.6. The van der Waals surface area contributed by atoms with Crippen LogP contribution in [0.1, 0.15) is 13.3 Å². The number of piperazine rings is 1. The average Bonchev–Trinajstić information content (AvgIpc) is 2.33. The number of ether oxygens (including phenoxy) is 1. The van der Waals surface area contributed by atoms with E-state index in [2.05, 4.69) is 35.7 Å². The highest BCUT2D eigenvalue weighted by Crippen LogP contribution is 2.22. The van der Waals surface area contributed by atoms with Crippen molar-refractivity contribution in [1.82, 2.24) is 14.7 Å². The normalized spacial score (nSPS) is 34.1. The number of rotatable bonds is 3. The molecule has 0 bridgehead atoms. The Bertz CT molecular complexity index is 241. The summed E-state index contributed by atoms with van der Waals surface area (Å²) < 4.78 is 5.64. The molecule has 2 aliphatic rings. The lowest BCUT2D eigenvalue weighted by atomic mass is 9.95. The molecule has 2 aliphatic heterocycles. The smallest absolute Gasteiger partial charge is 0.0648 e. The molecule has 1 unspecified atom stereocenters. The highest BCUT2D eigenvalue weighted by Gasteiger charge is 2.32. The van der Waals surface area contributed by atoms with Crippen LogP contribution < -0.4 is 0 Å². The monoisotopic (exact) mass is 241 g/mol. The lowest BCUT2D eigenvalue weighted by Crippen LogP contribution is -2.55. The Morgan fingerprint density at radius 2 is 1.76 bits per heavy atom. The molecule has 1 atom stereocenters. The molecule has 0 N–H and O–H groups in total. The van der Waals surface area contributed by atoms with Crippen molar-refractivity contribution < 1.29 is 4.74 Å². The average molecular weight is 241 g/mol. The third-order valence-electron chi connectivity index (χ3n) is 4.47. The van der Waals surface area contributed by atoms with Gasteiger partial charge in [0, 0.05) is 44.8 Å². The van der Waals surface area contributed by atoms with Crippen LogP contribution in [-0.2, 0) is 4.74 Å². The van der Waals surface area contributed by atoms with E-state index >= 15 is 0 Å². The summed E-state index contributed by atoms with van der Waals surface area (Å²) in [5.74, 6) is 0. The predicted molar refractivity (Wildman–Crippen MR) is 70.4 cm³/mol. The lowest BCUT2D eigenvalue weighted by molar-refractivity contribution is -0.0547. The first-order valence-corrected chi connectivity index (χ1v) is 6.80. The van der Waals surface area contributed by atoms with Crippen LogP contribution in [0, 0.1) is 0 Å². The maximum Gasteiger partial charge on any atom is 0.0648 e. The second-order valence-electron chi connectivity index (χ2n) is 5.87. The lowest BCUT2D eigenvalue weighted by Gasteiger charge is -2.44. The summed E-state index contributed by atoms with van der Waals surface area (Å²) in [5.41, 5.74) is 0.238. The Morgan fingerprint density at radius 1 is 1.06 bits per heavy atom. The molecule has 0 saturated carbocycles. The van der Waals surface area contributed by atoms with Crippen LogP contribution in [0.3, 0.4) is 0 Å². The van der Waals surface area contributed by atoms with Gasteiger partial charge in [0.15, 0.2) is 0 Å². The van der Waals surface area contributed by atoms with E-state index in [-0.39, 0.29) is 5.54 Å². The Hall–Kier alpha value is -0.160. The van der Waals surface area contributed by atoms with E-state index < -0.39 is 0 Å². The van der Waals surface area contributed by atoms with Gasteiger partial charge in [-0.05, 0) is 27.4 Å². The molecule has 0 aromatic heterocycles. The summed E-state index contributed by atoms with van der Waals surface area (Å²) in [6, 6.07) is 0. The molecule has 0 aromatic rings. The molecule has 2 rings (SSSR count). The molecular weight excluding hydrogens is 214 g/mol. The van der Waals surface area contributed by atoms with Gasteiger partial charge < -0.3 is 14.5 Å². The molecule has 2 saturated heterocycles. The minimum atomic E-state index is 0.238. The highest BCUT2D eigenvalue weighted by molar-refractivity contribution is 4.88. The van der Waals surface area contributed by atoms with E-state index in [0.717, 1.165) is 19.8 Å². The number of nitrogens with zero attached hydrogens (tertiary/aromatic N) is 3. The first-order chi connectivity index (χ1) is 8.10. The van der Waals surface area contributed by atoms with Crippen molar-refractivity contribution in [1.29, 1.82) is 0 Å². The van der Waals surface area contributed by atoms with Crippen molar-refractivity contribution in [3.05, 3.63) is 0 Å². The van der Waals surface area contributed by atoms with E-state index in [1.54, 1.807) is 0 Å². The summed E-state index contributed by atoms with van der Waals surface area (Å²) >= 11 is 0. The Morgan fingerprint density at radius 3 is 2.41 bits per heavy atom. The van der Waals surface area contributed by atoms with E-state index in [9.17, 15) is 0 Å². The quantitative estimate of drug-likeness (QED) is 0.709. The van der Waals surface area contributed by atoms with Gasteiger partial charge in [0.2, 0.25) is 0 Å². The SMILES string of the molecule is CN1CCN(CCC2(C)COCCN2C)CC1. The van der Waals surface area contributed by atoms with E-state index in [4.69, 9.17) is 4.74 Å². The van der Waals surface area contributed by atoms with Gasteiger partial charge in [0.25, 0.3) is 0 Å². The molecule has 0 spiro atoms. The molecule has 100 valence electrons. The maximum absolute atomic E-state index is 5.64. The minimum Gasteiger partial charge on any atom is -0.378 e. The van der Waals surface area contributed by atoms with Crippen LogP contribution in [0.15, 0.2) is 0 Å². The van der Waals surface area contributed by atoms with Crippen molar-refractivity contribution >= 4 is 0 Å². The van der Waals surface area contributed by atoms with Gasteiger partial charge >= 0.3 is 0 Å². The van der Waals surface area contributed by atoms with E-state index in [1.165, 1.54) is 39.1 Å². The molecule has 2 heterocycles. The second-order valence-corrected chi connectivity index (χ2v) is 5.87. The Kier molecular flexibility index (Phi) is 4.42. The zero-order valence-corrected chi connectivity index (χ0v) is 11.6. The first kappa shape index (κ1) is 13.3. The number of morpholine rings is 1. The molecule has 0 aliphatic carbocycles. The molecular formula is C13H27N3O. The molecule has 17 heavy (non-hydrogen) atoms. The fraction of sp³-hybridized carbons (Fsp3) is 1.00. The molecule has 0 radical (unpaired) electrons. The van der Waals surface area contributed by atoms with Gasteiger partial charge in [-0.1, -0.05) is 0 Å². The minimum absolute atomic E-state index is 0.238. The van der Waals surface area contributed by atoms with Crippen molar-refractivity contribution in [2.24, 2.45) is 0 Å². The van der Waals surface area contributed by atoms with E-state index in [1.807, 2.05) is 0 Å². The highest BCUT2D eigenvalue weighted by atomic mass is 16.5. The van der Waals surface area contributed by atoms with Gasteiger partial charge in [-0.2, -0.15) is 0 Å². The van der Waals surface area contributed by atoms with Crippen molar-refractivity contribution in [2.45, 2.75) is 18.9 Å². The first-order valence-electron chi connectivity index (χ1n) is 6.80. The fourth-order valence-corrected chi connectivity index (χ4v) is 2.61. The van der Waals surface area contributed by atoms with Gasteiger partial charge in [0.1, 0.15) is 0 Å². The van der Waals surface area contributed by atoms with Gasteiger partial charge in [0.05, 0.1) is 13.2 Å². The Labute approximate surface area is 105 Å². The van der Waals surface area contributed by atoms with Crippen LogP contribution in [0.25, 0.3) is 0 Å². The van der Waals surface area contributed by atoms with Crippen molar-refractivity contribution in [3.63, 3.8) is 0 Å². The number of hydrogen-bond donors (Lipinski definition) is 0. The van der Waals surface area contributed by atoms with Crippen molar-refractivity contribution in [2.75, 3.05) is 66.6 Å². The zero-order chi connectivity index (χ0) is 12.3. The third-order valence-corrected chi connectivity index (χ3v) is 4.47. The largest absolute Gasteiger partial charge is 0.378 e. The predicted octanol–water partition coefficient (Wildman–Crippen LogP) is 0.345. The fourth-order valence-electron chi connectivity index (χ4n) is 2.61. The standard InChI is InChI=1S/C13H27N3O/c1-13(12-17-11-10-15(13)3)4-5-16-8-6-14(2)7-9-16/h4-12H2,1-3H3. The van der Waals surface area contributed by atoms with Crippen LogP contribution in [0.4, 0.5) is 0 Å².